The lowest BCUT2D eigenvalue weighted by Crippen LogP contribution is -2.28. The van der Waals surface area contributed by atoms with Crippen molar-refractivity contribution in [1.29, 1.82) is 0 Å². The fourth-order valence-electron chi connectivity index (χ4n) is 3.91. The van der Waals surface area contributed by atoms with Crippen molar-refractivity contribution in [3.05, 3.63) is 95.6 Å². The fraction of sp³-hybridized carbons (Fsp3) is 0.0800. The molecule has 0 saturated carbocycles. The number of carbonyl (C=O) groups is 1. The second kappa shape index (κ2) is 7.79. The molecule has 0 bridgehead atoms. The Hall–Kier alpha value is -4.23. The Morgan fingerprint density at radius 3 is 2.78 bits per heavy atom. The minimum Gasteiger partial charge on any atom is -0.322 e. The second-order valence-electron chi connectivity index (χ2n) is 7.58. The van der Waals surface area contributed by atoms with Crippen LogP contribution in [0.3, 0.4) is 0 Å². The molecule has 2 aromatic heterocycles. The van der Waals surface area contributed by atoms with Crippen LogP contribution < -0.4 is 21.3 Å². The molecule has 5 rings (SSSR count). The zero-order valence-electron chi connectivity index (χ0n) is 17.5. The summed E-state index contributed by atoms with van der Waals surface area (Å²) in [6.07, 6.45) is 7.00. The second-order valence-corrected chi connectivity index (χ2v) is 7.58. The van der Waals surface area contributed by atoms with E-state index in [1.807, 2.05) is 54.5 Å². The summed E-state index contributed by atoms with van der Waals surface area (Å²) in [6.45, 7) is 6.17. The van der Waals surface area contributed by atoms with Gasteiger partial charge in [0.2, 0.25) is 5.91 Å². The van der Waals surface area contributed by atoms with Crippen LogP contribution in [0.1, 0.15) is 5.56 Å². The number of pyridine rings is 2. The SMILES string of the molecule is C=CC(=O)Nc1cc(-n2c(=O)ccc3cnc4ccc(N5C=CCN5)cc4c32)ccc1C. The number of amides is 1. The number of anilines is 2. The van der Waals surface area contributed by atoms with Gasteiger partial charge >= 0.3 is 0 Å². The average molecular weight is 423 g/mol. The van der Waals surface area contributed by atoms with E-state index in [1.54, 1.807) is 22.9 Å². The molecule has 0 spiro atoms. The molecule has 4 aromatic rings. The van der Waals surface area contributed by atoms with Crippen molar-refractivity contribution in [1.82, 2.24) is 15.0 Å². The third kappa shape index (κ3) is 3.34. The van der Waals surface area contributed by atoms with Crippen LogP contribution in [-0.4, -0.2) is 22.0 Å². The molecule has 1 aliphatic heterocycles. The summed E-state index contributed by atoms with van der Waals surface area (Å²) in [5.74, 6) is -0.305. The Morgan fingerprint density at radius 1 is 1.16 bits per heavy atom. The Balaban J connectivity index is 1.78. The van der Waals surface area contributed by atoms with Gasteiger partial charge in [-0.25, -0.2) is 5.43 Å². The van der Waals surface area contributed by atoms with E-state index in [-0.39, 0.29) is 11.5 Å². The highest BCUT2D eigenvalue weighted by Crippen LogP contribution is 2.29. The summed E-state index contributed by atoms with van der Waals surface area (Å²) >= 11 is 0. The van der Waals surface area contributed by atoms with Crippen LogP contribution in [0.2, 0.25) is 0 Å². The van der Waals surface area contributed by atoms with Crippen LogP contribution in [0.5, 0.6) is 0 Å². The molecule has 2 N–H and O–H groups in total. The number of carbonyl (C=O) groups excluding carboxylic acids is 1. The Morgan fingerprint density at radius 2 is 2.00 bits per heavy atom. The summed E-state index contributed by atoms with van der Waals surface area (Å²) < 4.78 is 1.67. The van der Waals surface area contributed by atoms with Gasteiger partial charge in [-0.1, -0.05) is 18.7 Å². The normalized spacial score (nSPS) is 13.1. The van der Waals surface area contributed by atoms with E-state index in [9.17, 15) is 9.59 Å². The molecule has 0 atom stereocenters. The van der Waals surface area contributed by atoms with E-state index >= 15 is 0 Å². The molecule has 0 fully saturated rings. The molecule has 3 heterocycles. The van der Waals surface area contributed by atoms with Gasteiger partial charge in [0.1, 0.15) is 0 Å². The Kier molecular flexibility index (Phi) is 4.80. The lowest BCUT2D eigenvalue weighted by Gasteiger charge is -2.18. The summed E-state index contributed by atoms with van der Waals surface area (Å²) in [4.78, 5) is 29.6. The van der Waals surface area contributed by atoms with Gasteiger partial charge in [0.25, 0.3) is 5.56 Å². The lowest BCUT2D eigenvalue weighted by atomic mass is 10.1. The lowest BCUT2D eigenvalue weighted by molar-refractivity contribution is -0.111. The van der Waals surface area contributed by atoms with Crippen molar-refractivity contribution in [3.63, 3.8) is 0 Å². The summed E-state index contributed by atoms with van der Waals surface area (Å²) in [5.41, 5.74) is 7.77. The molecule has 0 aliphatic carbocycles. The molecule has 7 nitrogen and oxygen atoms in total. The van der Waals surface area contributed by atoms with Crippen LogP contribution >= 0.6 is 0 Å². The number of hydrazine groups is 1. The highest BCUT2D eigenvalue weighted by Gasteiger charge is 2.14. The average Bonchev–Trinajstić information content (AvgIpc) is 3.35. The van der Waals surface area contributed by atoms with Crippen molar-refractivity contribution in [2.24, 2.45) is 0 Å². The molecule has 32 heavy (non-hydrogen) atoms. The summed E-state index contributed by atoms with van der Waals surface area (Å²) in [6, 6.07) is 14.8. The minimum atomic E-state index is -0.305. The van der Waals surface area contributed by atoms with Gasteiger partial charge in [-0.3, -0.25) is 24.1 Å². The number of benzene rings is 2. The first-order valence-corrected chi connectivity index (χ1v) is 10.2. The predicted octanol–water partition coefficient (Wildman–Crippen LogP) is 3.81. The molecular weight excluding hydrogens is 402 g/mol. The van der Waals surface area contributed by atoms with Gasteiger partial charge in [-0.2, -0.15) is 0 Å². The number of nitrogens with zero attached hydrogens (tertiary/aromatic N) is 3. The van der Waals surface area contributed by atoms with E-state index in [4.69, 9.17) is 0 Å². The minimum absolute atomic E-state index is 0.167. The molecule has 1 aliphatic rings. The summed E-state index contributed by atoms with van der Waals surface area (Å²) in [5, 5.41) is 6.46. The van der Waals surface area contributed by atoms with Crippen LogP contribution in [0.4, 0.5) is 11.4 Å². The smallest absolute Gasteiger partial charge is 0.255 e. The largest absolute Gasteiger partial charge is 0.322 e. The maximum atomic E-state index is 13.1. The first-order valence-electron chi connectivity index (χ1n) is 10.2. The zero-order chi connectivity index (χ0) is 22.2. The third-order valence-electron chi connectivity index (χ3n) is 5.54. The zero-order valence-corrected chi connectivity index (χ0v) is 17.5. The molecule has 1 amide bonds. The van der Waals surface area contributed by atoms with Crippen molar-refractivity contribution < 1.29 is 4.79 Å². The van der Waals surface area contributed by atoms with Gasteiger partial charge in [-0.15, -0.1) is 0 Å². The number of fused-ring (bicyclic) bond motifs is 3. The van der Waals surface area contributed by atoms with E-state index in [2.05, 4.69) is 22.3 Å². The van der Waals surface area contributed by atoms with Crippen LogP contribution in [0.25, 0.3) is 27.5 Å². The predicted molar refractivity (Wildman–Crippen MR) is 128 cm³/mol. The van der Waals surface area contributed by atoms with Crippen molar-refractivity contribution in [2.75, 3.05) is 16.9 Å². The molecule has 0 unspecified atom stereocenters. The summed E-state index contributed by atoms with van der Waals surface area (Å²) in [7, 11) is 0. The quantitative estimate of drug-likeness (QED) is 0.386. The number of hydrogen-bond donors (Lipinski definition) is 2. The standard InChI is InChI=1S/C25H21N5O2/c1-3-23(31)28-22-14-19(7-5-16(22)2)30-24(32)10-6-17-15-26-21-9-8-18(13-20(21)25(17)30)29-12-4-11-27-29/h3-10,12-15,27H,1,11H2,2H3,(H,28,31). The van der Waals surface area contributed by atoms with Crippen LogP contribution in [0, 0.1) is 6.92 Å². The van der Waals surface area contributed by atoms with E-state index in [0.29, 0.717) is 11.4 Å². The maximum absolute atomic E-state index is 13.1. The number of aromatic nitrogens is 2. The Bertz CT molecular complexity index is 1490. The number of hydrogen-bond acceptors (Lipinski definition) is 5. The van der Waals surface area contributed by atoms with Gasteiger partial charge in [0.05, 0.1) is 22.4 Å². The Labute approximate surface area is 184 Å². The van der Waals surface area contributed by atoms with Gasteiger partial charge < -0.3 is 5.32 Å². The van der Waals surface area contributed by atoms with Crippen molar-refractivity contribution >= 4 is 39.1 Å². The first-order chi connectivity index (χ1) is 15.5. The number of nitrogens with one attached hydrogen (secondary N) is 2. The molecular formula is C25H21N5O2. The molecule has 0 radical (unpaired) electrons. The molecule has 7 heteroatoms. The third-order valence-corrected chi connectivity index (χ3v) is 5.54. The molecule has 2 aromatic carbocycles. The highest BCUT2D eigenvalue weighted by atomic mass is 16.1. The molecule has 158 valence electrons. The monoisotopic (exact) mass is 423 g/mol. The molecule has 0 saturated heterocycles. The van der Waals surface area contributed by atoms with Gasteiger partial charge in [0.15, 0.2) is 0 Å². The van der Waals surface area contributed by atoms with Gasteiger partial charge in [0, 0.05) is 41.5 Å². The first kappa shape index (κ1) is 19.7. The van der Waals surface area contributed by atoms with Gasteiger partial charge in [-0.05, 0) is 55.0 Å². The topological polar surface area (TPSA) is 79.3 Å². The van der Waals surface area contributed by atoms with E-state index in [1.165, 1.54) is 12.1 Å². The van der Waals surface area contributed by atoms with Crippen LogP contribution in [-0.2, 0) is 4.79 Å². The fourth-order valence-corrected chi connectivity index (χ4v) is 3.91. The maximum Gasteiger partial charge on any atom is 0.255 e. The van der Waals surface area contributed by atoms with Crippen molar-refractivity contribution in [3.8, 4) is 5.69 Å². The number of rotatable bonds is 4. The van der Waals surface area contributed by atoms with E-state index < -0.39 is 0 Å². The highest BCUT2D eigenvalue weighted by molar-refractivity contribution is 6.05. The van der Waals surface area contributed by atoms with E-state index in [0.717, 1.165) is 39.6 Å². The number of aryl methyl sites for hydroxylation is 1. The van der Waals surface area contributed by atoms with Crippen LogP contribution in [0.15, 0.2) is 84.5 Å². The van der Waals surface area contributed by atoms with Crippen molar-refractivity contribution in [2.45, 2.75) is 6.92 Å².